The summed E-state index contributed by atoms with van der Waals surface area (Å²) < 4.78 is 38.9. The number of hydrogen-bond acceptors (Lipinski definition) is 5. The Morgan fingerprint density at radius 3 is 2.62 bits per heavy atom. The highest BCUT2D eigenvalue weighted by Gasteiger charge is 2.37. The topological polar surface area (TPSA) is 91.3 Å². The molecule has 0 bridgehead atoms. The van der Waals surface area contributed by atoms with Gasteiger partial charge in [0.15, 0.2) is 17.0 Å². The summed E-state index contributed by atoms with van der Waals surface area (Å²) in [5.41, 5.74) is -2.94. The summed E-state index contributed by atoms with van der Waals surface area (Å²) in [6, 6.07) is 1.61. The van der Waals surface area contributed by atoms with Crippen LogP contribution in [0.3, 0.4) is 0 Å². The first-order valence-corrected chi connectivity index (χ1v) is 7.05. The van der Waals surface area contributed by atoms with Gasteiger partial charge in [-0.25, -0.2) is 4.99 Å². The summed E-state index contributed by atoms with van der Waals surface area (Å²) in [5, 5.41) is 21.3. The third-order valence-corrected chi connectivity index (χ3v) is 3.16. The van der Waals surface area contributed by atoms with Gasteiger partial charge in [-0.15, -0.1) is 0 Å². The van der Waals surface area contributed by atoms with E-state index in [0.29, 0.717) is 6.07 Å². The molecule has 0 aliphatic heterocycles. The van der Waals surface area contributed by atoms with E-state index in [4.69, 9.17) is 5.26 Å². The Kier molecular flexibility index (Phi) is 5.56. The lowest BCUT2D eigenvalue weighted by molar-refractivity contribution is -0.384. The number of hydrogen-bond donors (Lipinski definition) is 1. The van der Waals surface area contributed by atoms with E-state index in [1.54, 1.807) is 0 Å². The summed E-state index contributed by atoms with van der Waals surface area (Å²) in [4.78, 5) is 13.5. The van der Waals surface area contributed by atoms with Crippen molar-refractivity contribution in [1.29, 1.82) is 5.26 Å². The zero-order valence-electron chi connectivity index (χ0n) is 10.2. The molecule has 1 rings (SSSR count). The number of thioether (sulfide) groups is 1. The molecular weight excluding hydrogens is 377 g/mol. The molecular formula is C10H6BrF3N4O2S. The molecule has 1 N–H and O–H groups in total. The average Bonchev–Trinajstić information content (AvgIpc) is 2.37. The molecule has 0 aliphatic carbocycles. The van der Waals surface area contributed by atoms with Crippen molar-refractivity contribution >= 4 is 44.2 Å². The number of rotatable bonds is 2. The highest BCUT2D eigenvalue weighted by Crippen LogP contribution is 2.43. The average molecular weight is 383 g/mol. The summed E-state index contributed by atoms with van der Waals surface area (Å²) in [6.45, 7) is 0. The number of nitro benzene ring substituents is 1. The van der Waals surface area contributed by atoms with Crippen LogP contribution in [-0.4, -0.2) is 16.3 Å². The fraction of sp³-hybridized carbons (Fsp3) is 0.200. The van der Waals surface area contributed by atoms with Crippen molar-refractivity contribution in [3.8, 4) is 6.19 Å². The van der Waals surface area contributed by atoms with Gasteiger partial charge in [-0.3, -0.25) is 15.4 Å². The first kappa shape index (κ1) is 17.3. The van der Waals surface area contributed by atoms with E-state index in [1.165, 1.54) is 12.4 Å². The van der Waals surface area contributed by atoms with E-state index in [2.05, 4.69) is 26.2 Å². The molecule has 0 atom stereocenters. The van der Waals surface area contributed by atoms with Crippen molar-refractivity contribution in [1.82, 2.24) is 5.32 Å². The smallest absolute Gasteiger partial charge is 0.271 e. The molecule has 0 unspecified atom stereocenters. The highest BCUT2D eigenvalue weighted by atomic mass is 79.9. The minimum atomic E-state index is -4.83. The van der Waals surface area contributed by atoms with Crippen molar-refractivity contribution in [2.45, 2.75) is 6.18 Å². The number of amidine groups is 1. The zero-order valence-corrected chi connectivity index (χ0v) is 12.6. The van der Waals surface area contributed by atoms with Crippen LogP contribution in [0.2, 0.25) is 0 Å². The molecule has 112 valence electrons. The fourth-order valence-corrected chi connectivity index (χ4v) is 2.11. The second kappa shape index (κ2) is 6.77. The Hall–Kier alpha value is -1.80. The maximum atomic E-state index is 13.0. The molecule has 0 aliphatic rings. The molecule has 11 heteroatoms. The number of nitrogens with one attached hydrogen (secondary N) is 1. The normalized spacial score (nSPS) is 11.9. The highest BCUT2D eigenvalue weighted by molar-refractivity contribution is 9.10. The van der Waals surface area contributed by atoms with Crippen molar-refractivity contribution in [3.63, 3.8) is 0 Å². The van der Waals surface area contributed by atoms with E-state index in [9.17, 15) is 23.3 Å². The molecule has 0 heterocycles. The van der Waals surface area contributed by atoms with Crippen molar-refractivity contribution in [2.24, 2.45) is 4.99 Å². The number of alkyl halides is 3. The minimum absolute atomic E-state index is 0.0978. The molecule has 6 nitrogen and oxygen atoms in total. The third kappa shape index (κ3) is 4.33. The lowest BCUT2D eigenvalue weighted by Gasteiger charge is -2.11. The van der Waals surface area contributed by atoms with Crippen LogP contribution < -0.4 is 5.32 Å². The number of aliphatic imine (C=N–C) groups is 1. The van der Waals surface area contributed by atoms with E-state index in [-0.39, 0.29) is 9.64 Å². The molecule has 0 spiro atoms. The predicted octanol–water partition coefficient (Wildman–Crippen LogP) is 3.80. The maximum absolute atomic E-state index is 13.0. The SMILES string of the molecule is CSC(=Nc1c([N+](=O)[O-])cc(Br)cc1C(F)(F)F)NC#N. The summed E-state index contributed by atoms with van der Waals surface area (Å²) in [7, 11) is 0. The zero-order chi connectivity index (χ0) is 16.2. The van der Waals surface area contributed by atoms with Gasteiger partial charge in [0.25, 0.3) is 5.69 Å². The number of nitro groups is 1. The van der Waals surface area contributed by atoms with Crippen LogP contribution in [-0.2, 0) is 6.18 Å². The van der Waals surface area contributed by atoms with Crippen LogP contribution in [0.25, 0.3) is 0 Å². The number of nitriles is 1. The summed E-state index contributed by atoms with van der Waals surface area (Å²) in [5.74, 6) is 0. The molecule has 0 saturated heterocycles. The summed E-state index contributed by atoms with van der Waals surface area (Å²) >= 11 is 3.64. The molecule has 0 aromatic heterocycles. The van der Waals surface area contributed by atoms with Crippen LogP contribution >= 0.6 is 27.7 Å². The van der Waals surface area contributed by atoms with Gasteiger partial charge in [-0.1, -0.05) is 27.7 Å². The quantitative estimate of drug-likeness (QED) is 0.210. The molecule has 0 fully saturated rings. The van der Waals surface area contributed by atoms with Gasteiger partial charge in [0, 0.05) is 10.5 Å². The first-order valence-electron chi connectivity index (χ1n) is 5.03. The van der Waals surface area contributed by atoms with Gasteiger partial charge in [0.2, 0.25) is 0 Å². The standard InChI is InChI=1S/C10H6BrF3N4O2S/c1-21-9(16-4-15)17-8-6(10(12,13)14)2-5(11)3-7(8)18(19)20/h2-3H,1H3,(H,16,17). The van der Waals surface area contributed by atoms with Gasteiger partial charge in [-0.05, 0) is 12.3 Å². The number of nitrogens with zero attached hydrogens (tertiary/aromatic N) is 3. The van der Waals surface area contributed by atoms with Crippen molar-refractivity contribution in [2.75, 3.05) is 6.26 Å². The number of benzene rings is 1. The van der Waals surface area contributed by atoms with Gasteiger partial charge >= 0.3 is 6.18 Å². The van der Waals surface area contributed by atoms with E-state index >= 15 is 0 Å². The monoisotopic (exact) mass is 382 g/mol. The Balaban J connectivity index is 3.67. The number of halogens is 4. The first-order chi connectivity index (χ1) is 9.70. The molecule has 0 saturated carbocycles. The summed E-state index contributed by atoms with van der Waals surface area (Å²) in [6.07, 6.45) is -1.88. The molecule has 1 aromatic carbocycles. The van der Waals surface area contributed by atoms with Gasteiger partial charge in [0.1, 0.15) is 0 Å². The van der Waals surface area contributed by atoms with Crippen LogP contribution in [0, 0.1) is 21.6 Å². The predicted molar refractivity (Wildman–Crippen MR) is 75.2 cm³/mol. The van der Waals surface area contributed by atoms with Gasteiger partial charge < -0.3 is 0 Å². The van der Waals surface area contributed by atoms with E-state index in [1.807, 2.05) is 0 Å². The molecule has 21 heavy (non-hydrogen) atoms. The van der Waals surface area contributed by atoms with Crippen LogP contribution in [0.4, 0.5) is 24.5 Å². The van der Waals surface area contributed by atoms with Gasteiger partial charge in [-0.2, -0.15) is 18.4 Å². The van der Waals surface area contributed by atoms with Crippen molar-refractivity contribution < 1.29 is 18.1 Å². The second-order valence-electron chi connectivity index (χ2n) is 3.43. The van der Waals surface area contributed by atoms with Crippen LogP contribution in [0.15, 0.2) is 21.6 Å². The van der Waals surface area contributed by atoms with Crippen LogP contribution in [0.5, 0.6) is 0 Å². The van der Waals surface area contributed by atoms with E-state index < -0.39 is 28.0 Å². The van der Waals surface area contributed by atoms with Gasteiger partial charge in [0.05, 0.1) is 10.5 Å². The van der Waals surface area contributed by atoms with E-state index in [0.717, 1.165) is 17.8 Å². The van der Waals surface area contributed by atoms with Crippen LogP contribution in [0.1, 0.15) is 5.56 Å². The Morgan fingerprint density at radius 2 is 2.19 bits per heavy atom. The Labute approximate surface area is 129 Å². The minimum Gasteiger partial charge on any atom is -0.271 e. The molecule has 1 aromatic rings. The lowest BCUT2D eigenvalue weighted by Crippen LogP contribution is -2.14. The lowest BCUT2D eigenvalue weighted by atomic mass is 10.1. The Bertz CT molecular complexity index is 642. The Morgan fingerprint density at radius 1 is 1.57 bits per heavy atom. The molecule has 0 amide bonds. The largest absolute Gasteiger partial charge is 0.418 e. The maximum Gasteiger partial charge on any atom is 0.418 e. The molecule has 0 radical (unpaired) electrons. The second-order valence-corrected chi connectivity index (χ2v) is 5.14. The fourth-order valence-electron chi connectivity index (χ4n) is 1.33. The van der Waals surface area contributed by atoms with Crippen molar-refractivity contribution in [3.05, 3.63) is 32.3 Å². The third-order valence-electron chi connectivity index (χ3n) is 2.13.